The summed E-state index contributed by atoms with van der Waals surface area (Å²) in [7, 11) is 3.10. The lowest BCUT2D eigenvalue weighted by Crippen LogP contribution is -2.29. The molecule has 1 N–H and O–H groups in total. The minimum absolute atomic E-state index is 0.0167. The third-order valence-electron chi connectivity index (χ3n) is 3.54. The van der Waals surface area contributed by atoms with Crippen LogP contribution in [0.25, 0.3) is 0 Å². The SMILES string of the molecule is COc1cccc(C(CNC(=O)c2ccccc2[N+](=O)[O-])OC)c1. The highest BCUT2D eigenvalue weighted by atomic mass is 16.6. The van der Waals surface area contributed by atoms with Crippen molar-refractivity contribution >= 4 is 11.6 Å². The van der Waals surface area contributed by atoms with Crippen LogP contribution in [-0.2, 0) is 4.74 Å². The third-order valence-corrected chi connectivity index (χ3v) is 3.54. The molecule has 24 heavy (non-hydrogen) atoms. The summed E-state index contributed by atoms with van der Waals surface area (Å²) in [6.45, 7) is 0.175. The number of rotatable bonds is 7. The van der Waals surface area contributed by atoms with Gasteiger partial charge in [-0.2, -0.15) is 0 Å². The molecular formula is C17H18N2O5. The molecule has 0 fully saturated rings. The minimum atomic E-state index is -0.579. The molecule has 0 aliphatic rings. The highest BCUT2D eigenvalue weighted by Crippen LogP contribution is 2.22. The zero-order chi connectivity index (χ0) is 17.5. The van der Waals surface area contributed by atoms with Crippen molar-refractivity contribution in [3.05, 3.63) is 69.8 Å². The lowest BCUT2D eigenvalue weighted by atomic mass is 10.1. The fourth-order valence-corrected chi connectivity index (χ4v) is 2.28. The van der Waals surface area contributed by atoms with E-state index in [1.165, 1.54) is 25.3 Å². The molecule has 126 valence electrons. The molecule has 0 aromatic heterocycles. The van der Waals surface area contributed by atoms with Crippen molar-refractivity contribution in [2.75, 3.05) is 20.8 Å². The topological polar surface area (TPSA) is 90.7 Å². The molecular weight excluding hydrogens is 312 g/mol. The zero-order valence-electron chi connectivity index (χ0n) is 13.4. The molecule has 0 aliphatic carbocycles. The van der Waals surface area contributed by atoms with Crippen molar-refractivity contribution in [3.8, 4) is 5.75 Å². The van der Waals surface area contributed by atoms with Gasteiger partial charge in [0, 0.05) is 19.7 Å². The van der Waals surface area contributed by atoms with Crippen molar-refractivity contribution in [3.63, 3.8) is 0 Å². The van der Waals surface area contributed by atoms with E-state index >= 15 is 0 Å². The van der Waals surface area contributed by atoms with E-state index in [4.69, 9.17) is 9.47 Å². The van der Waals surface area contributed by atoms with Gasteiger partial charge >= 0.3 is 0 Å². The number of hydrogen-bond donors (Lipinski definition) is 1. The van der Waals surface area contributed by atoms with Crippen LogP contribution in [0.1, 0.15) is 22.0 Å². The first kappa shape index (κ1) is 17.4. The van der Waals surface area contributed by atoms with E-state index < -0.39 is 16.9 Å². The van der Waals surface area contributed by atoms with Crippen LogP contribution in [0.3, 0.4) is 0 Å². The fraction of sp³-hybridized carbons (Fsp3) is 0.235. The molecule has 2 aromatic carbocycles. The number of nitro groups is 1. The second-order valence-corrected chi connectivity index (χ2v) is 4.99. The van der Waals surface area contributed by atoms with Gasteiger partial charge in [-0.25, -0.2) is 0 Å². The predicted molar refractivity (Wildman–Crippen MR) is 88.2 cm³/mol. The van der Waals surface area contributed by atoms with Gasteiger partial charge in [-0.15, -0.1) is 0 Å². The van der Waals surface area contributed by atoms with Crippen LogP contribution >= 0.6 is 0 Å². The van der Waals surface area contributed by atoms with Crippen LogP contribution in [0.5, 0.6) is 5.75 Å². The fourth-order valence-electron chi connectivity index (χ4n) is 2.28. The van der Waals surface area contributed by atoms with Crippen molar-refractivity contribution in [2.24, 2.45) is 0 Å². The third kappa shape index (κ3) is 4.08. The Hall–Kier alpha value is -2.93. The van der Waals surface area contributed by atoms with E-state index in [0.29, 0.717) is 5.75 Å². The molecule has 2 aromatic rings. The Morgan fingerprint density at radius 2 is 1.96 bits per heavy atom. The molecule has 0 heterocycles. The molecule has 7 nitrogen and oxygen atoms in total. The smallest absolute Gasteiger partial charge is 0.282 e. The van der Waals surface area contributed by atoms with Gasteiger partial charge in [0.15, 0.2) is 0 Å². The van der Waals surface area contributed by atoms with Crippen LogP contribution in [0.15, 0.2) is 48.5 Å². The van der Waals surface area contributed by atoms with E-state index in [-0.39, 0.29) is 17.8 Å². The van der Waals surface area contributed by atoms with Crippen LogP contribution in [0, 0.1) is 10.1 Å². The van der Waals surface area contributed by atoms with Crippen molar-refractivity contribution in [1.82, 2.24) is 5.32 Å². The normalized spacial score (nSPS) is 11.6. The summed E-state index contributed by atoms with van der Waals surface area (Å²) in [6.07, 6.45) is -0.396. The Bertz CT molecular complexity index is 732. The molecule has 0 saturated carbocycles. The van der Waals surface area contributed by atoms with Gasteiger partial charge in [-0.05, 0) is 23.8 Å². The number of carbonyl (C=O) groups is 1. The van der Waals surface area contributed by atoms with Crippen molar-refractivity contribution in [1.29, 1.82) is 0 Å². The average molecular weight is 330 g/mol. The van der Waals surface area contributed by atoms with E-state index in [2.05, 4.69) is 5.32 Å². The second-order valence-electron chi connectivity index (χ2n) is 4.99. The summed E-state index contributed by atoms with van der Waals surface area (Å²) in [5, 5.41) is 13.7. The number of nitro benzene ring substituents is 1. The number of benzene rings is 2. The maximum absolute atomic E-state index is 12.2. The Labute approximate surface area is 139 Å². The number of carbonyl (C=O) groups excluding carboxylic acids is 1. The molecule has 0 bridgehead atoms. The summed E-state index contributed by atoms with van der Waals surface area (Å²) in [5.74, 6) is 0.159. The zero-order valence-corrected chi connectivity index (χ0v) is 13.4. The minimum Gasteiger partial charge on any atom is -0.497 e. The summed E-state index contributed by atoms with van der Waals surface area (Å²) < 4.78 is 10.6. The summed E-state index contributed by atoms with van der Waals surface area (Å²) >= 11 is 0. The first-order valence-electron chi connectivity index (χ1n) is 7.25. The molecule has 0 aliphatic heterocycles. The van der Waals surface area contributed by atoms with E-state index in [9.17, 15) is 14.9 Å². The van der Waals surface area contributed by atoms with Gasteiger partial charge in [0.2, 0.25) is 0 Å². The largest absolute Gasteiger partial charge is 0.497 e. The summed E-state index contributed by atoms with van der Waals surface area (Å²) in [6, 6.07) is 13.1. The molecule has 1 unspecified atom stereocenters. The van der Waals surface area contributed by atoms with Crippen molar-refractivity contribution < 1.29 is 19.2 Å². The molecule has 1 atom stereocenters. The Morgan fingerprint density at radius 3 is 2.62 bits per heavy atom. The summed E-state index contributed by atoms with van der Waals surface area (Å²) in [4.78, 5) is 22.7. The van der Waals surface area contributed by atoms with Crippen LogP contribution in [0.4, 0.5) is 5.69 Å². The van der Waals surface area contributed by atoms with Gasteiger partial charge in [-0.1, -0.05) is 24.3 Å². The molecule has 0 radical (unpaired) electrons. The predicted octanol–water partition coefficient (Wildman–Crippen LogP) is 2.72. The van der Waals surface area contributed by atoms with Gasteiger partial charge in [-0.3, -0.25) is 14.9 Å². The van der Waals surface area contributed by atoms with Crippen LogP contribution < -0.4 is 10.1 Å². The molecule has 0 saturated heterocycles. The van der Waals surface area contributed by atoms with Gasteiger partial charge in [0.25, 0.3) is 11.6 Å². The first-order chi connectivity index (χ1) is 11.6. The average Bonchev–Trinajstić information content (AvgIpc) is 2.62. The van der Waals surface area contributed by atoms with Crippen LogP contribution in [0.2, 0.25) is 0 Å². The second kappa shape index (κ2) is 8.07. The monoisotopic (exact) mass is 330 g/mol. The number of nitrogens with zero attached hydrogens (tertiary/aromatic N) is 1. The number of amides is 1. The number of hydrogen-bond acceptors (Lipinski definition) is 5. The number of nitrogens with one attached hydrogen (secondary N) is 1. The highest BCUT2D eigenvalue weighted by Gasteiger charge is 2.20. The Morgan fingerprint density at radius 1 is 1.21 bits per heavy atom. The Balaban J connectivity index is 2.10. The molecule has 0 spiro atoms. The van der Waals surface area contributed by atoms with Gasteiger partial charge in [0.05, 0.1) is 18.1 Å². The number of ether oxygens (including phenoxy) is 2. The van der Waals surface area contributed by atoms with E-state index in [0.717, 1.165) is 5.56 Å². The first-order valence-corrected chi connectivity index (χ1v) is 7.25. The van der Waals surface area contributed by atoms with Gasteiger partial charge < -0.3 is 14.8 Å². The maximum Gasteiger partial charge on any atom is 0.282 e. The molecule has 1 amide bonds. The molecule has 7 heteroatoms. The van der Waals surface area contributed by atoms with E-state index in [1.807, 2.05) is 24.3 Å². The van der Waals surface area contributed by atoms with Gasteiger partial charge in [0.1, 0.15) is 11.3 Å². The number of methoxy groups -OCH3 is 2. The maximum atomic E-state index is 12.2. The summed E-state index contributed by atoms with van der Waals surface area (Å²) in [5.41, 5.74) is 0.619. The van der Waals surface area contributed by atoms with Crippen LogP contribution in [-0.4, -0.2) is 31.6 Å². The standard InChI is InChI=1S/C17H18N2O5/c1-23-13-7-5-6-12(10-13)16(24-2)11-18-17(20)14-8-3-4-9-15(14)19(21)22/h3-10,16H,11H2,1-2H3,(H,18,20). The number of para-hydroxylation sites is 1. The lowest BCUT2D eigenvalue weighted by Gasteiger charge is -2.17. The quantitative estimate of drug-likeness (QED) is 0.622. The molecule has 2 rings (SSSR count). The Kier molecular flexibility index (Phi) is 5.86. The van der Waals surface area contributed by atoms with Crippen molar-refractivity contribution in [2.45, 2.75) is 6.10 Å². The van der Waals surface area contributed by atoms with E-state index in [1.54, 1.807) is 13.2 Å². The highest BCUT2D eigenvalue weighted by molar-refractivity contribution is 5.98. The lowest BCUT2D eigenvalue weighted by molar-refractivity contribution is -0.385.